The Hall–Kier alpha value is -6.20. The van der Waals surface area contributed by atoms with E-state index in [0.717, 1.165) is 44.4 Å². The monoisotopic (exact) mass is 699 g/mol. The van der Waals surface area contributed by atoms with Gasteiger partial charge in [0.1, 0.15) is 11.2 Å². The highest BCUT2D eigenvalue weighted by atomic mass is 32.1. The van der Waals surface area contributed by atoms with Crippen LogP contribution in [-0.4, -0.2) is 0 Å². The number of anilines is 3. The standard InChI is InChI=1S/C48H29NOS2/c1-4-16-43-36(9-1)39-13-7-12-35(47(39)50-43)31-21-26-34(27-22-31)49(42-15-8-14-40-37-10-2-6-18-45(37)52-48(40)42)33-24-19-30(20-25-33)32-23-28-46-41(29-32)38-11-3-5-17-44(38)51-46/h1-29H. The number of hydrogen-bond acceptors (Lipinski definition) is 4. The molecule has 0 atom stereocenters. The van der Waals surface area contributed by atoms with E-state index in [2.05, 4.69) is 169 Å². The van der Waals surface area contributed by atoms with Crippen molar-refractivity contribution in [3.05, 3.63) is 176 Å². The lowest BCUT2D eigenvalue weighted by molar-refractivity contribution is 0.670. The highest BCUT2D eigenvalue weighted by Crippen LogP contribution is 2.46. The number of rotatable bonds is 5. The molecule has 52 heavy (non-hydrogen) atoms. The minimum absolute atomic E-state index is 0.913. The van der Waals surface area contributed by atoms with Gasteiger partial charge in [0.05, 0.1) is 10.4 Å². The molecule has 0 aliphatic heterocycles. The second kappa shape index (κ2) is 11.7. The number of furan rings is 1. The molecule has 0 saturated heterocycles. The topological polar surface area (TPSA) is 16.4 Å². The molecule has 0 unspecified atom stereocenters. The zero-order valence-corrected chi connectivity index (χ0v) is 29.5. The van der Waals surface area contributed by atoms with Gasteiger partial charge in [0.25, 0.3) is 0 Å². The fraction of sp³-hybridized carbons (Fsp3) is 0. The van der Waals surface area contributed by atoms with Gasteiger partial charge in [0, 0.05) is 63.4 Å². The van der Waals surface area contributed by atoms with E-state index in [9.17, 15) is 0 Å². The van der Waals surface area contributed by atoms with E-state index in [-0.39, 0.29) is 0 Å². The molecule has 0 radical (unpaired) electrons. The van der Waals surface area contributed by atoms with Gasteiger partial charge in [-0.1, -0.05) is 115 Å². The number of para-hydroxylation sites is 2. The van der Waals surface area contributed by atoms with Crippen LogP contribution in [0.25, 0.3) is 84.5 Å². The van der Waals surface area contributed by atoms with Crippen molar-refractivity contribution in [1.82, 2.24) is 0 Å². The third-order valence-electron chi connectivity index (χ3n) is 10.3. The molecule has 0 amide bonds. The first-order valence-corrected chi connectivity index (χ1v) is 19.1. The minimum Gasteiger partial charge on any atom is -0.455 e. The number of hydrogen-bond donors (Lipinski definition) is 0. The Morgan fingerprint density at radius 3 is 1.75 bits per heavy atom. The van der Waals surface area contributed by atoms with Crippen LogP contribution in [-0.2, 0) is 0 Å². The van der Waals surface area contributed by atoms with E-state index in [4.69, 9.17) is 4.42 Å². The second-order valence-corrected chi connectivity index (χ2v) is 15.4. The molecule has 0 aliphatic carbocycles. The summed E-state index contributed by atoms with van der Waals surface area (Å²) in [5.74, 6) is 0. The van der Waals surface area contributed by atoms with Crippen molar-refractivity contribution >= 4 is 102 Å². The summed E-state index contributed by atoms with van der Waals surface area (Å²) in [7, 11) is 0. The van der Waals surface area contributed by atoms with Crippen LogP contribution >= 0.6 is 22.7 Å². The van der Waals surface area contributed by atoms with Gasteiger partial charge in [-0.2, -0.15) is 0 Å². The average Bonchev–Trinajstić information content (AvgIpc) is 3.90. The van der Waals surface area contributed by atoms with Crippen LogP contribution in [0.5, 0.6) is 0 Å². The molecule has 0 spiro atoms. The van der Waals surface area contributed by atoms with Crippen molar-refractivity contribution in [2.45, 2.75) is 0 Å². The molecular formula is C48H29NOS2. The summed E-state index contributed by atoms with van der Waals surface area (Å²) in [6, 6.07) is 63.7. The fourth-order valence-electron chi connectivity index (χ4n) is 7.81. The Bertz CT molecular complexity index is 3130. The number of nitrogens with zero attached hydrogens (tertiary/aromatic N) is 1. The average molecular weight is 700 g/mol. The molecule has 8 aromatic carbocycles. The third kappa shape index (κ3) is 4.62. The minimum atomic E-state index is 0.913. The fourth-order valence-corrected chi connectivity index (χ4v) is 10.1. The van der Waals surface area contributed by atoms with E-state index < -0.39 is 0 Å². The Labute approximate surface area is 308 Å². The molecule has 0 saturated carbocycles. The number of fused-ring (bicyclic) bond motifs is 9. The van der Waals surface area contributed by atoms with Crippen molar-refractivity contribution in [2.75, 3.05) is 4.90 Å². The lowest BCUT2D eigenvalue weighted by Gasteiger charge is -2.26. The SMILES string of the molecule is c1ccc2c(c1)oc1c(-c3ccc(N(c4ccc(-c5ccc6sc7ccccc7c6c5)cc4)c4cccc5c4sc4ccccc45)cc3)cccc12. The number of benzene rings is 8. The summed E-state index contributed by atoms with van der Waals surface area (Å²) in [6.45, 7) is 0. The number of thiophene rings is 2. The summed E-state index contributed by atoms with van der Waals surface area (Å²) in [6.07, 6.45) is 0. The van der Waals surface area contributed by atoms with Crippen molar-refractivity contribution < 1.29 is 4.42 Å². The molecule has 11 aromatic rings. The van der Waals surface area contributed by atoms with E-state index >= 15 is 0 Å². The summed E-state index contributed by atoms with van der Waals surface area (Å²) >= 11 is 3.72. The van der Waals surface area contributed by atoms with Crippen LogP contribution in [0, 0.1) is 0 Å². The Balaban J connectivity index is 1.04. The molecule has 0 fully saturated rings. The Morgan fingerprint density at radius 2 is 0.962 bits per heavy atom. The van der Waals surface area contributed by atoms with Crippen LogP contribution in [0.2, 0.25) is 0 Å². The highest BCUT2D eigenvalue weighted by molar-refractivity contribution is 7.26. The van der Waals surface area contributed by atoms with Crippen molar-refractivity contribution in [3.63, 3.8) is 0 Å². The first-order chi connectivity index (χ1) is 25.8. The van der Waals surface area contributed by atoms with Crippen LogP contribution in [0.4, 0.5) is 17.1 Å². The molecule has 0 bridgehead atoms. The summed E-state index contributed by atoms with van der Waals surface area (Å²) in [5, 5.41) is 7.50. The maximum atomic E-state index is 6.41. The van der Waals surface area contributed by atoms with Gasteiger partial charge < -0.3 is 9.32 Å². The quantitative estimate of drug-likeness (QED) is 0.178. The van der Waals surface area contributed by atoms with E-state index in [1.54, 1.807) is 0 Å². The highest BCUT2D eigenvalue weighted by Gasteiger charge is 2.19. The lowest BCUT2D eigenvalue weighted by Crippen LogP contribution is -2.10. The van der Waals surface area contributed by atoms with E-state index in [0.29, 0.717) is 0 Å². The maximum Gasteiger partial charge on any atom is 0.143 e. The maximum absolute atomic E-state index is 6.41. The second-order valence-electron chi connectivity index (χ2n) is 13.3. The van der Waals surface area contributed by atoms with Crippen LogP contribution in [0.1, 0.15) is 0 Å². The van der Waals surface area contributed by atoms with E-state index in [1.807, 2.05) is 34.8 Å². The van der Waals surface area contributed by atoms with Gasteiger partial charge in [-0.15, -0.1) is 22.7 Å². The predicted octanol–water partition coefficient (Wildman–Crippen LogP) is 15.1. The summed E-state index contributed by atoms with van der Waals surface area (Å²) in [5.41, 5.74) is 9.87. The first-order valence-electron chi connectivity index (χ1n) is 17.5. The molecule has 3 heterocycles. The molecule has 4 heteroatoms. The molecule has 2 nitrogen and oxygen atoms in total. The zero-order valence-electron chi connectivity index (χ0n) is 27.9. The van der Waals surface area contributed by atoms with Crippen molar-refractivity contribution in [3.8, 4) is 22.3 Å². The molecule has 11 rings (SSSR count). The smallest absolute Gasteiger partial charge is 0.143 e. The Morgan fingerprint density at radius 1 is 0.385 bits per heavy atom. The van der Waals surface area contributed by atoms with Gasteiger partial charge >= 0.3 is 0 Å². The largest absolute Gasteiger partial charge is 0.455 e. The molecule has 0 aliphatic rings. The normalized spacial score (nSPS) is 11.8. The van der Waals surface area contributed by atoms with Gasteiger partial charge in [0.15, 0.2) is 0 Å². The first kappa shape index (κ1) is 29.5. The van der Waals surface area contributed by atoms with Crippen LogP contribution in [0.15, 0.2) is 180 Å². The molecule has 3 aromatic heterocycles. The van der Waals surface area contributed by atoms with Gasteiger partial charge in [-0.3, -0.25) is 0 Å². The summed E-state index contributed by atoms with van der Waals surface area (Å²) in [4.78, 5) is 2.41. The van der Waals surface area contributed by atoms with Gasteiger partial charge in [-0.05, 0) is 77.4 Å². The van der Waals surface area contributed by atoms with Gasteiger partial charge in [0.2, 0.25) is 0 Å². The lowest BCUT2D eigenvalue weighted by atomic mass is 10.0. The van der Waals surface area contributed by atoms with Crippen LogP contribution in [0.3, 0.4) is 0 Å². The molecule has 244 valence electrons. The zero-order chi connectivity index (χ0) is 34.2. The van der Waals surface area contributed by atoms with Crippen molar-refractivity contribution in [2.24, 2.45) is 0 Å². The van der Waals surface area contributed by atoms with Gasteiger partial charge in [-0.25, -0.2) is 0 Å². The predicted molar refractivity (Wildman–Crippen MR) is 225 cm³/mol. The molecular weight excluding hydrogens is 671 g/mol. The van der Waals surface area contributed by atoms with Crippen molar-refractivity contribution in [1.29, 1.82) is 0 Å². The van der Waals surface area contributed by atoms with E-state index in [1.165, 1.54) is 57.2 Å². The summed E-state index contributed by atoms with van der Waals surface area (Å²) < 4.78 is 11.6. The van der Waals surface area contributed by atoms with Crippen LogP contribution < -0.4 is 4.90 Å². The molecule has 0 N–H and O–H groups in total. The Kier molecular flexibility index (Phi) is 6.63. The third-order valence-corrected chi connectivity index (χ3v) is 12.7.